The smallest absolute Gasteiger partial charge is 0.230 e. The van der Waals surface area contributed by atoms with E-state index < -0.39 is 0 Å². The molecule has 0 radical (unpaired) electrons. The number of likely N-dealkylation sites (tertiary alicyclic amines) is 1. The Hall–Kier alpha value is -2.08. The number of hydrogen-bond acceptors (Lipinski definition) is 4. The summed E-state index contributed by atoms with van der Waals surface area (Å²) in [6, 6.07) is 3.54. The summed E-state index contributed by atoms with van der Waals surface area (Å²) >= 11 is 0. The van der Waals surface area contributed by atoms with E-state index in [2.05, 4.69) is 9.97 Å². The maximum atomic E-state index is 12.6. The number of aromatic amines is 1. The van der Waals surface area contributed by atoms with Gasteiger partial charge < -0.3 is 19.0 Å². The first kappa shape index (κ1) is 14.8. The summed E-state index contributed by atoms with van der Waals surface area (Å²) in [6.45, 7) is 4.54. The summed E-state index contributed by atoms with van der Waals surface area (Å²) in [5.74, 6) is 1.55. The molecule has 0 bridgehead atoms. The molecule has 1 amide bonds. The number of amides is 1. The number of aryl methyl sites for hydroxylation is 2. The number of nitrogens with one attached hydrogen (secondary N) is 1. The predicted molar refractivity (Wildman–Crippen MR) is 80.3 cm³/mol. The monoisotopic (exact) mass is 303 g/mol. The molecule has 3 rings (SSSR count). The van der Waals surface area contributed by atoms with Gasteiger partial charge in [0.15, 0.2) is 0 Å². The van der Waals surface area contributed by atoms with Crippen molar-refractivity contribution in [1.82, 2.24) is 14.9 Å². The van der Waals surface area contributed by atoms with Crippen LogP contribution in [0.2, 0.25) is 0 Å². The maximum absolute atomic E-state index is 12.6. The van der Waals surface area contributed by atoms with Gasteiger partial charge >= 0.3 is 0 Å². The van der Waals surface area contributed by atoms with Gasteiger partial charge in [-0.3, -0.25) is 4.79 Å². The quantitative estimate of drug-likeness (QED) is 0.939. The Balaban J connectivity index is 1.81. The van der Waals surface area contributed by atoms with Crippen LogP contribution in [0.15, 0.2) is 22.8 Å². The summed E-state index contributed by atoms with van der Waals surface area (Å²) in [6.07, 6.45) is 2.64. The third kappa shape index (κ3) is 2.78. The van der Waals surface area contributed by atoms with Crippen LogP contribution < -0.4 is 0 Å². The number of carbonyl (C=O) groups excluding carboxylic acids is 1. The largest absolute Gasteiger partial charge is 0.469 e. The van der Waals surface area contributed by atoms with Crippen molar-refractivity contribution in [2.24, 2.45) is 0 Å². The lowest BCUT2D eigenvalue weighted by Crippen LogP contribution is -2.33. The molecule has 2 aromatic rings. The fraction of sp³-hybridized carbons (Fsp3) is 0.500. The SMILES string of the molecule is CO[C@@H]1C[C@@H](c2nc(C)c(C)[nH]2)N(C(=O)Cc2ccco2)C1. The molecular weight excluding hydrogens is 282 g/mol. The number of aromatic nitrogens is 2. The van der Waals surface area contributed by atoms with Gasteiger partial charge in [0.05, 0.1) is 30.5 Å². The van der Waals surface area contributed by atoms with Crippen molar-refractivity contribution in [2.45, 2.75) is 38.8 Å². The molecule has 6 nitrogen and oxygen atoms in total. The summed E-state index contributed by atoms with van der Waals surface area (Å²) in [5, 5.41) is 0. The van der Waals surface area contributed by atoms with Crippen LogP contribution in [0.3, 0.4) is 0 Å². The van der Waals surface area contributed by atoms with Crippen molar-refractivity contribution in [1.29, 1.82) is 0 Å². The number of ether oxygens (including phenoxy) is 1. The van der Waals surface area contributed by atoms with E-state index in [0.717, 1.165) is 23.6 Å². The number of H-pyrrole nitrogens is 1. The highest BCUT2D eigenvalue weighted by atomic mass is 16.5. The van der Waals surface area contributed by atoms with E-state index in [4.69, 9.17) is 9.15 Å². The fourth-order valence-corrected chi connectivity index (χ4v) is 2.90. The van der Waals surface area contributed by atoms with Crippen LogP contribution in [-0.4, -0.2) is 40.5 Å². The van der Waals surface area contributed by atoms with Gasteiger partial charge in [-0.2, -0.15) is 0 Å². The highest BCUT2D eigenvalue weighted by molar-refractivity contribution is 5.79. The predicted octanol–water partition coefficient (Wildman–Crippen LogP) is 2.15. The molecule has 6 heteroatoms. The zero-order valence-electron chi connectivity index (χ0n) is 13.1. The first-order chi connectivity index (χ1) is 10.6. The number of methoxy groups -OCH3 is 1. The number of imidazole rings is 1. The van der Waals surface area contributed by atoms with Crippen LogP contribution in [0.5, 0.6) is 0 Å². The maximum Gasteiger partial charge on any atom is 0.230 e. The van der Waals surface area contributed by atoms with Crippen molar-refractivity contribution in [3.05, 3.63) is 41.4 Å². The van der Waals surface area contributed by atoms with Gasteiger partial charge in [0, 0.05) is 25.8 Å². The number of nitrogens with zero attached hydrogens (tertiary/aromatic N) is 2. The fourth-order valence-electron chi connectivity index (χ4n) is 2.90. The van der Waals surface area contributed by atoms with Gasteiger partial charge in [-0.1, -0.05) is 0 Å². The Bertz CT molecular complexity index is 628. The Morgan fingerprint density at radius 3 is 2.95 bits per heavy atom. The van der Waals surface area contributed by atoms with Crippen molar-refractivity contribution < 1.29 is 13.9 Å². The lowest BCUT2D eigenvalue weighted by atomic mass is 10.2. The number of hydrogen-bond donors (Lipinski definition) is 1. The number of rotatable bonds is 4. The molecule has 1 aliphatic rings. The highest BCUT2D eigenvalue weighted by Gasteiger charge is 2.38. The molecule has 2 aromatic heterocycles. The molecule has 1 aliphatic heterocycles. The lowest BCUT2D eigenvalue weighted by Gasteiger charge is -2.22. The second kappa shape index (κ2) is 5.96. The molecule has 0 spiro atoms. The first-order valence-electron chi connectivity index (χ1n) is 7.46. The van der Waals surface area contributed by atoms with E-state index in [0.29, 0.717) is 12.3 Å². The van der Waals surface area contributed by atoms with Crippen LogP contribution in [0.4, 0.5) is 0 Å². The highest BCUT2D eigenvalue weighted by Crippen LogP contribution is 2.32. The molecule has 22 heavy (non-hydrogen) atoms. The normalized spacial score (nSPS) is 21.5. The Morgan fingerprint density at radius 2 is 2.36 bits per heavy atom. The van der Waals surface area contributed by atoms with Gasteiger partial charge in [0.25, 0.3) is 0 Å². The van der Waals surface area contributed by atoms with Crippen molar-refractivity contribution >= 4 is 5.91 Å². The summed E-state index contributed by atoms with van der Waals surface area (Å²) in [5.41, 5.74) is 2.00. The van der Waals surface area contributed by atoms with E-state index >= 15 is 0 Å². The molecule has 1 N–H and O–H groups in total. The molecule has 0 saturated carbocycles. The molecule has 0 aliphatic carbocycles. The van der Waals surface area contributed by atoms with Gasteiger partial charge in [0.2, 0.25) is 5.91 Å². The minimum atomic E-state index is -0.0696. The zero-order chi connectivity index (χ0) is 15.7. The van der Waals surface area contributed by atoms with Crippen LogP contribution in [0.25, 0.3) is 0 Å². The molecule has 2 atom stereocenters. The first-order valence-corrected chi connectivity index (χ1v) is 7.46. The van der Waals surface area contributed by atoms with E-state index in [1.807, 2.05) is 24.8 Å². The molecule has 118 valence electrons. The van der Waals surface area contributed by atoms with Crippen molar-refractivity contribution in [3.63, 3.8) is 0 Å². The second-order valence-corrected chi connectivity index (χ2v) is 5.74. The molecule has 3 heterocycles. The lowest BCUT2D eigenvalue weighted by molar-refractivity contribution is -0.132. The average Bonchev–Trinajstić information content (AvgIpc) is 3.20. The summed E-state index contributed by atoms with van der Waals surface area (Å²) < 4.78 is 10.7. The Kier molecular flexibility index (Phi) is 4.02. The van der Waals surface area contributed by atoms with Gasteiger partial charge in [-0.25, -0.2) is 4.98 Å². The van der Waals surface area contributed by atoms with Crippen LogP contribution in [0, 0.1) is 13.8 Å². The number of furan rings is 1. The van der Waals surface area contributed by atoms with E-state index in [-0.39, 0.29) is 24.5 Å². The van der Waals surface area contributed by atoms with Gasteiger partial charge in [-0.05, 0) is 26.0 Å². The molecule has 0 aromatic carbocycles. The van der Waals surface area contributed by atoms with Crippen LogP contribution in [-0.2, 0) is 16.0 Å². The molecule has 1 fully saturated rings. The molecule has 1 saturated heterocycles. The zero-order valence-corrected chi connectivity index (χ0v) is 13.1. The topological polar surface area (TPSA) is 71.4 Å². The van der Waals surface area contributed by atoms with Crippen molar-refractivity contribution in [3.8, 4) is 0 Å². The van der Waals surface area contributed by atoms with Crippen LogP contribution >= 0.6 is 0 Å². The number of carbonyl (C=O) groups is 1. The van der Waals surface area contributed by atoms with Crippen molar-refractivity contribution in [2.75, 3.05) is 13.7 Å². The molecule has 0 unspecified atom stereocenters. The third-order valence-electron chi connectivity index (χ3n) is 4.28. The summed E-state index contributed by atoms with van der Waals surface area (Å²) in [7, 11) is 1.68. The third-order valence-corrected chi connectivity index (χ3v) is 4.28. The Labute approximate surface area is 129 Å². The minimum Gasteiger partial charge on any atom is -0.469 e. The van der Waals surface area contributed by atoms with Gasteiger partial charge in [0.1, 0.15) is 11.6 Å². The minimum absolute atomic E-state index is 0.0335. The van der Waals surface area contributed by atoms with E-state index in [1.165, 1.54) is 0 Å². The van der Waals surface area contributed by atoms with Gasteiger partial charge in [-0.15, -0.1) is 0 Å². The van der Waals surface area contributed by atoms with E-state index in [9.17, 15) is 4.79 Å². The van der Waals surface area contributed by atoms with Crippen LogP contribution in [0.1, 0.15) is 35.4 Å². The average molecular weight is 303 g/mol. The Morgan fingerprint density at radius 1 is 1.55 bits per heavy atom. The standard InChI is InChI=1S/C16H21N3O3/c1-10-11(2)18-16(17-10)14-7-13(21-3)9-19(14)15(20)8-12-5-4-6-22-12/h4-6,13-14H,7-9H2,1-3H3,(H,17,18)/t13-,14+/m1/s1. The van der Waals surface area contributed by atoms with E-state index in [1.54, 1.807) is 19.4 Å². The molecular formula is C16H21N3O3. The summed E-state index contributed by atoms with van der Waals surface area (Å²) in [4.78, 5) is 22.3. The second-order valence-electron chi connectivity index (χ2n) is 5.74.